The van der Waals surface area contributed by atoms with Gasteiger partial charge in [-0.3, -0.25) is 4.90 Å². The van der Waals surface area contributed by atoms with E-state index in [1.165, 1.54) is 4.90 Å². The molecule has 7 heteroatoms. The molecule has 0 aliphatic carbocycles. The molecule has 3 aromatic rings. The molecular formula is C22H19BrN2O3S. The number of hydrogen-bond acceptors (Lipinski definition) is 3. The number of anilines is 2. The molecule has 0 atom stereocenters. The van der Waals surface area contributed by atoms with Crippen LogP contribution in [0.5, 0.6) is 0 Å². The summed E-state index contributed by atoms with van der Waals surface area (Å²) in [5.41, 5.74) is 3.39. The molecule has 0 unspecified atom stereocenters. The first-order valence-corrected chi connectivity index (χ1v) is 11.3. The van der Waals surface area contributed by atoms with Gasteiger partial charge in [-0.2, -0.15) is 4.31 Å². The Morgan fingerprint density at radius 2 is 1.59 bits per heavy atom. The summed E-state index contributed by atoms with van der Waals surface area (Å²) in [5.74, 6) is 0. The van der Waals surface area contributed by atoms with Crippen molar-refractivity contribution in [1.82, 2.24) is 0 Å². The molecule has 3 aromatic carbocycles. The molecule has 4 rings (SSSR count). The number of carbonyl (C=O) groups is 1. The van der Waals surface area contributed by atoms with E-state index in [1.807, 2.05) is 50.2 Å². The zero-order valence-electron chi connectivity index (χ0n) is 16.0. The van der Waals surface area contributed by atoms with Crippen LogP contribution in [0.25, 0.3) is 0 Å². The number of hydrogen-bond donors (Lipinski definition) is 0. The van der Waals surface area contributed by atoms with E-state index in [9.17, 15) is 13.2 Å². The third-order valence-electron chi connectivity index (χ3n) is 4.90. The molecular weight excluding hydrogens is 452 g/mol. The number of fused-ring (bicyclic) bond motifs is 1. The van der Waals surface area contributed by atoms with E-state index in [0.29, 0.717) is 11.4 Å². The predicted octanol–water partition coefficient (Wildman–Crippen LogP) is 5.40. The molecule has 148 valence electrons. The van der Waals surface area contributed by atoms with Gasteiger partial charge in [-0.1, -0.05) is 57.9 Å². The molecule has 0 saturated carbocycles. The SMILES string of the molecule is Cc1ccc(N2C(=O)N(Cc3ccc(Br)cc3)c3ccccc3S2(=O)=O)c(C)c1. The Hall–Kier alpha value is -2.64. The Balaban J connectivity index is 1.88. The number of nitrogens with zero attached hydrogens (tertiary/aromatic N) is 2. The highest BCUT2D eigenvalue weighted by atomic mass is 79.9. The van der Waals surface area contributed by atoms with E-state index in [2.05, 4.69) is 15.9 Å². The fourth-order valence-electron chi connectivity index (χ4n) is 3.50. The minimum Gasteiger partial charge on any atom is -0.287 e. The molecule has 0 radical (unpaired) electrons. The molecule has 29 heavy (non-hydrogen) atoms. The highest BCUT2D eigenvalue weighted by Gasteiger charge is 2.42. The van der Waals surface area contributed by atoms with Crippen molar-refractivity contribution in [2.75, 3.05) is 9.21 Å². The highest BCUT2D eigenvalue weighted by molar-refractivity contribution is 9.10. The number of carbonyl (C=O) groups excluding carboxylic acids is 1. The van der Waals surface area contributed by atoms with E-state index < -0.39 is 16.1 Å². The Labute approximate surface area is 178 Å². The number of benzene rings is 3. The summed E-state index contributed by atoms with van der Waals surface area (Å²) in [6, 6.07) is 19.0. The van der Waals surface area contributed by atoms with Crippen molar-refractivity contribution < 1.29 is 13.2 Å². The lowest BCUT2D eigenvalue weighted by Gasteiger charge is -2.36. The minimum absolute atomic E-state index is 0.122. The summed E-state index contributed by atoms with van der Waals surface area (Å²) in [6.07, 6.45) is 0. The molecule has 1 aliphatic heterocycles. The van der Waals surface area contributed by atoms with Crippen LogP contribution in [0.2, 0.25) is 0 Å². The average Bonchev–Trinajstić information content (AvgIpc) is 2.68. The second kappa shape index (κ2) is 7.31. The van der Waals surface area contributed by atoms with Crippen molar-refractivity contribution in [3.63, 3.8) is 0 Å². The van der Waals surface area contributed by atoms with Crippen LogP contribution in [0.15, 0.2) is 76.1 Å². The van der Waals surface area contributed by atoms with Gasteiger partial charge in [0.05, 0.1) is 17.9 Å². The maximum Gasteiger partial charge on any atom is 0.343 e. The number of para-hydroxylation sites is 1. The van der Waals surface area contributed by atoms with Crippen LogP contribution in [0.1, 0.15) is 16.7 Å². The lowest BCUT2D eigenvalue weighted by Crippen LogP contribution is -2.51. The Morgan fingerprint density at radius 3 is 2.28 bits per heavy atom. The molecule has 1 aliphatic rings. The van der Waals surface area contributed by atoms with Gasteiger partial charge in [-0.05, 0) is 55.3 Å². The molecule has 5 nitrogen and oxygen atoms in total. The summed E-state index contributed by atoms with van der Waals surface area (Å²) in [4.78, 5) is 15.1. The quantitative estimate of drug-likeness (QED) is 0.514. The largest absolute Gasteiger partial charge is 0.343 e. The number of sulfonamides is 1. The monoisotopic (exact) mass is 470 g/mol. The maximum absolute atomic E-state index is 13.5. The Kier molecular flexibility index (Phi) is 4.96. The van der Waals surface area contributed by atoms with Crippen molar-refractivity contribution in [1.29, 1.82) is 0 Å². The molecule has 2 amide bonds. The zero-order chi connectivity index (χ0) is 20.8. The molecule has 0 bridgehead atoms. The summed E-state index contributed by atoms with van der Waals surface area (Å²) in [6.45, 7) is 4.00. The lowest BCUT2D eigenvalue weighted by molar-refractivity contribution is 0.253. The van der Waals surface area contributed by atoms with Crippen LogP contribution in [-0.2, 0) is 16.6 Å². The molecule has 0 aromatic heterocycles. The summed E-state index contributed by atoms with van der Waals surface area (Å²) in [7, 11) is -4.02. The number of rotatable bonds is 3. The van der Waals surface area contributed by atoms with E-state index in [-0.39, 0.29) is 11.4 Å². The van der Waals surface area contributed by atoms with Crippen molar-refractivity contribution in [3.05, 3.63) is 87.9 Å². The lowest BCUT2D eigenvalue weighted by atomic mass is 10.1. The number of amides is 2. The summed E-state index contributed by atoms with van der Waals surface area (Å²) >= 11 is 3.41. The fraction of sp³-hybridized carbons (Fsp3) is 0.136. The standard InChI is InChI=1S/C22H19BrN2O3S/c1-15-7-12-19(16(2)13-15)25-22(26)24(14-17-8-10-18(23)11-9-17)20-5-3-4-6-21(20)29(25,27)28/h3-13H,14H2,1-2H3. The van der Waals surface area contributed by atoms with E-state index in [0.717, 1.165) is 25.5 Å². The van der Waals surface area contributed by atoms with Crippen LogP contribution < -0.4 is 9.21 Å². The van der Waals surface area contributed by atoms with Crippen molar-refractivity contribution in [2.24, 2.45) is 0 Å². The van der Waals surface area contributed by atoms with E-state index in [1.54, 1.807) is 30.3 Å². The zero-order valence-corrected chi connectivity index (χ0v) is 18.4. The number of urea groups is 1. The van der Waals surface area contributed by atoms with Gasteiger partial charge in [0.1, 0.15) is 4.90 Å². The average molecular weight is 471 g/mol. The number of halogens is 1. The van der Waals surface area contributed by atoms with Crippen molar-refractivity contribution in [2.45, 2.75) is 25.3 Å². The van der Waals surface area contributed by atoms with Gasteiger partial charge in [-0.15, -0.1) is 0 Å². The third kappa shape index (κ3) is 3.45. The Bertz CT molecular complexity index is 1210. The first-order valence-electron chi connectivity index (χ1n) is 9.06. The molecule has 0 N–H and O–H groups in total. The van der Waals surface area contributed by atoms with Gasteiger partial charge in [0.25, 0.3) is 10.0 Å². The van der Waals surface area contributed by atoms with Crippen LogP contribution in [-0.4, -0.2) is 14.4 Å². The van der Waals surface area contributed by atoms with E-state index >= 15 is 0 Å². The van der Waals surface area contributed by atoms with Crippen LogP contribution in [0.3, 0.4) is 0 Å². The summed E-state index contributed by atoms with van der Waals surface area (Å²) in [5, 5.41) is 0. The van der Waals surface area contributed by atoms with E-state index in [4.69, 9.17) is 0 Å². The maximum atomic E-state index is 13.5. The van der Waals surface area contributed by atoms with Gasteiger partial charge >= 0.3 is 6.03 Å². The molecule has 0 fully saturated rings. The molecule has 0 saturated heterocycles. The molecule has 1 heterocycles. The number of aryl methyl sites for hydroxylation is 2. The Morgan fingerprint density at radius 1 is 0.897 bits per heavy atom. The highest BCUT2D eigenvalue weighted by Crippen LogP contribution is 2.39. The minimum atomic E-state index is -4.02. The van der Waals surface area contributed by atoms with Crippen LogP contribution in [0, 0.1) is 13.8 Å². The first-order chi connectivity index (χ1) is 13.8. The molecule has 0 spiro atoms. The summed E-state index contributed by atoms with van der Waals surface area (Å²) < 4.78 is 28.6. The normalized spacial score (nSPS) is 15.3. The van der Waals surface area contributed by atoms with Gasteiger partial charge in [0, 0.05) is 4.47 Å². The van der Waals surface area contributed by atoms with Crippen molar-refractivity contribution >= 4 is 43.4 Å². The second-order valence-electron chi connectivity index (χ2n) is 7.02. The smallest absolute Gasteiger partial charge is 0.287 e. The second-order valence-corrected chi connectivity index (χ2v) is 9.69. The van der Waals surface area contributed by atoms with Crippen LogP contribution >= 0.6 is 15.9 Å². The van der Waals surface area contributed by atoms with Crippen LogP contribution in [0.4, 0.5) is 16.2 Å². The van der Waals surface area contributed by atoms with Gasteiger partial charge in [-0.25, -0.2) is 13.2 Å². The van der Waals surface area contributed by atoms with Gasteiger partial charge in [0.15, 0.2) is 0 Å². The van der Waals surface area contributed by atoms with Crippen molar-refractivity contribution in [3.8, 4) is 0 Å². The van der Waals surface area contributed by atoms with Gasteiger partial charge < -0.3 is 0 Å². The first kappa shape index (κ1) is 19.7. The third-order valence-corrected chi connectivity index (χ3v) is 7.17. The fourth-order valence-corrected chi connectivity index (χ4v) is 5.43. The van der Waals surface area contributed by atoms with Gasteiger partial charge in [0.2, 0.25) is 0 Å². The predicted molar refractivity (Wildman–Crippen MR) is 118 cm³/mol. The topological polar surface area (TPSA) is 57.7 Å².